The summed E-state index contributed by atoms with van der Waals surface area (Å²) in [4.78, 5) is 28.5. The number of nitrogens with one attached hydrogen (secondary N) is 1. The molecule has 1 N–H and O–H groups in total. The monoisotopic (exact) mass is 446 g/mol. The number of carbonyl (C=O) groups excluding carboxylic acids is 2. The largest absolute Gasteiger partial charge is 0.497 e. The lowest BCUT2D eigenvalue weighted by molar-refractivity contribution is 0.0517. The van der Waals surface area contributed by atoms with E-state index in [9.17, 15) is 9.59 Å². The number of nitrogens with zero attached hydrogens (tertiary/aromatic N) is 1. The molecule has 7 nitrogen and oxygen atoms in total. The summed E-state index contributed by atoms with van der Waals surface area (Å²) in [5, 5.41) is 3.30. The Morgan fingerprint density at radius 3 is 1.70 bits per heavy atom. The molecule has 0 spiro atoms. The highest BCUT2D eigenvalue weighted by molar-refractivity contribution is 6.09. The number of benzene rings is 3. The Hall–Kier alpha value is -4.13. The maximum atomic E-state index is 11.9. The van der Waals surface area contributed by atoms with Crippen LogP contribution < -0.4 is 10.1 Å². The third kappa shape index (κ3) is 6.43. The molecule has 0 aliphatic heterocycles. The van der Waals surface area contributed by atoms with Crippen LogP contribution in [0.5, 0.6) is 5.75 Å². The van der Waals surface area contributed by atoms with E-state index in [1.165, 1.54) is 0 Å². The van der Waals surface area contributed by atoms with Gasteiger partial charge in [-0.15, -0.1) is 0 Å². The van der Waals surface area contributed by atoms with Gasteiger partial charge in [-0.25, -0.2) is 14.6 Å². The van der Waals surface area contributed by atoms with Gasteiger partial charge >= 0.3 is 11.9 Å². The quantitative estimate of drug-likeness (QED) is 0.289. The van der Waals surface area contributed by atoms with Crippen molar-refractivity contribution < 1.29 is 23.8 Å². The van der Waals surface area contributed by atoms with E-state index in [1.54, 1.807) is 69.5 Å². The van der Waals surface area contributed by atoms with Crippen molar-refractivity contribution in [3.05, 3.63) is 89.5 Å². The van der Waals surface area contributed by atoms with Crippen LogP contribution in [0, 0.1) is 0 Å². The van der Waals surface area contributed by atoms with Crippen LogP contribution in [0.15, 0.2) is 77.8 Å². The first-order chi connectivity index (χ1) is 16.0. The fourth-order valence-electron chi connectivity index (χ4n) is 2.97. The Morgan fingerprint density at radius 1 is 0.727 bits per heavy atom. The molecule has 33 heavy (non-hydrogen) atoms. The van der Waals surface area contributed by atoms with E-state index in [2.05, 4.69) is 5.32 Å². The standard InChI is InChI=1S/C26H26N2O5/c1-4-32-25(29)19-6-12-21(13-7-19)27-24(18-10-16-23(31-3)17-11-18)28-22-14-8-20(9-15-22)26(30)33-5-2/h6-17H,4-5H2,1-3H3,(H,27,28). The molecule has 170 valence electrons. The van der Waals surface area contributed by atoms with Gasteiger partial charge in [-0.05, 0) is 86.6 Å². The van der Waals surface area contributed by atoms with E-state index < -0.39 is 0 Å². The smallest absolute Gasteiger partial charge is 0.338 e. The number of ether oxygens (including phenoxy) is 3. The first-order valence-corrected chi connectivity index (χ1v) is 10.6. The van der Waals surface area contributed by atoms with Crippen molar-refractivity contribution in [1.82, 2.24) is 0 Å². The molecule has 0 amide bonds. The fourth-order valence-corrected chi connectivity index (χ4v) is 2.97. The number of hydrogen-bond donors (Lipinski definition) is 1. The Morgan fingerprint density at radius 2 is 1.21 bits per heavy atom. The van der Waals surface area contributed by atoms with Gasteiger partial charge in [0.15, 0.2) is 0 Å². The van der Waals surface area contributed by atoms with Crippen molar-refractivity contribution in [2.24, 2.45) is 4.99 Å². The van der Waals surface area contributed by atoms with Crippen molar-refractivity contribution in [3.63, 3.8) is 0 Å². The first-order valence-electron chi connectivity index (χ1n) is 10.6. The molecular formula is C26H26N2O5. The minimum atomic E-state index is -0.372. The van der Waals surface area contributed by atoms with Crippen LogP contribution in [-0.2, 0) is 9.47 Å². The van der Waals surface area contributed by atoms with Crippen molar-refractivity contribution in [1.29, 1.82) is 0 Å². The van der Waals surface area contributed by atoms with Crippen molar-refractivity contribution in [2.75, 3.05) is 25.6 Å². The van der Waals surface area contributed by atoms with Crippen molar-refractivity contribution in [3.8, 4) is 5.75 Å². The summed E-state index contributed by atoms with van der Waals surface area (Å²) in [6, 6.07) is 21.3. The maximum absolute atomic E-state index is 11.9. The number of aliphatic imine (C=N–C) groups is 1. The fraction of sp³-hybridized carbons (Fsp3) is 0.192. The zero-order valence-electron chi connectivity index (χ0n) is 18.8. The molecule has 0 saturated carbocycles. The minimum absolute atomic E-state index is 0.319. The normalized spacial score (nSPS) is 10.9. The maximum Gasteiger partial charge on any atom is 0.338 e. The minimum Gasteiger partial charge on any atom is -0.497 e. The lowest BCUT2D eigenvalue weighted by Gasteiger charge is -2.12. The highest BCUT2D eigenvalue weighted by Gasteiger charge is 2.10. The van der Waals surface area contributed by atoms with Gasteiger partial charge in [-0.2, -0.15) is 0 Å². The summed E-state index contributed by atoms with van der Waals surface area (Å²) >= 11 is 0. The van der Waals surface area contributed by atoms with Crippen LogP contribution >= 0.6 is 0 Å². The second kappa shape index (κ2) is 11.5. The second-order valence-electron chi connectivity index (χ2n) is 6.88. The van der Waals surface area contributed by atoms with E-state index in [0.717, 1.165) is 17.0 Å². The summed E-state index contributed by atoms with van der Waals surface area (Å²) in [7, 11) is 1.61. The Bertz CT molecular complexity index is 1100. The Kier molecular flexibility index (Phi) is 8.18. The molecule has 0 saturated heterocycles. The third-order valence-electron chi connectivity index (χ3n) is 4.64. The average Bonchev–Trinajstić information content (AvgIpc) is 2.85. The Balaban J connectivity index is 1.89. The van der Waals surface area contributed by atoms with E-state index in [-0.39, 0.29) is 11.9 Å². The predicted molar refractivity (Wildman–Crippen MR) is 128 cm³/mol. The molecule has 7 heteroatoms. The first kappa shape index (κ1) is 23.5. The van der Waals surface area contributed by atoms with Gasteiger partial charge in [0.1, 0.15) is 11.6 Å². The summed E-state index contributed by atoms with van der Waals surface area (Å²) in [5.74, 6) is 0.583. The summed E-state index contributed by atoms with van der Waals surface area (Å²) in [5.41, 5.74) is 3.18. The molecule has 0 atom stereocenters. The van der Waals surface area contributed by atoms with Crippen LogP contribution in [-0.4, -0.2) is 38.1 Å². The van der Waals surface area contributed by atoms with Crippen LogP contribution in [0.3, 0.4) is 0 Å². The molecule has 3 aromatic rings. The number of rotatable bonds is 8. The zero-order chi connectivity index (χ0) is 23.6. The van der Waals surface area contributed by atoms with E-state index in [0.29, 0.717) is 35.9 Å². The van der Waals surface area contributed by atoms with E-state index in [1.807, 2.05) is 24.3 Å². The molecule has 0 aliphatic rings. The van der Waals surface area contributed by atoms with Gasteiger partial charge in [0.2, 0.25) is 0 Å². The molecule has 0 heterocycles. The highest BCUT2D eigenvalue weighted by Crippen LogP contribution is 2.20. The molecule has 3 aromatic carbocycles. The molecule has 0 radical (unpaired) electrons. The Labute approximate surface area is 193 Å². The summed E-state index contributed by atoms with van der Waals surface area (Å²) in [6.45, 7) is 4.18. The lowest BCUT2D eigenvalue weighted by atomic mass is 10.1. The molecule has 0 aromatic heterocycles. The summed E-state index contributed by atoms with van der Waals surface area (Å²) in [6.07, 6.45) is 0. The summed E-state index contributed by atoms with van der Waals surface area (Å²) < 4.78 is 15.3. The topological polar surface area (TPSA) is 86.2 Å². The molecule has 3 rings (SSSR count). The van der Waals surface area contributed by atoms with Gasteiger partial charge < -0.3 is 19.5 Å². The van der Waals surface area contributed by atoms with Gasteiger partial charge in [0.25, 0.3) is 0 Å². The van der Waals surface area contributed by atoms with Gasteiger partial charge in [-0.3, -0.25) is 0 Å². The van der Waals surface area contributed by atoms with Crippen molar-refractivity contribution >= 4 is 29.1 Å². The van der Waals surface area contributed by atoms with E-state index in [4.69, 9.17) is 19.2 Å². The molecule has 0 bridgehead atoms. The number of anilines is 1. The second-order valence-corrected chi connectivity index (χ2v) is 6.88. The van der Waals surface area contributed by atoms with Crippen LogP contribution in [0.1, 0.15) is 40.1 Å². The van der Waals surface area contributed by atoms with Crippen molar-refractivity contribution in [2.45, 2.75) is 13.8 Å². The van der Waals surface area contributed by atoms with E-state index >= 15 is 0 Å². The SMILES string of the molecule is CCOC(=O)c1ccc(/N=C(/Nc2ccc(C(=O)OCC)cc2)c2ccc(OC)cc2)cc1. The molecule has 0 aliphatic carbocycles. The van der Waals surface area contributed by atoms with Gasteiger partial charge in [0, 0.05) is 11.3 Å². The number of carbonyl (C=O) groups is 2. The lowest BCUT2D eigenvalue weighted by Crippen LogP contribution is -2.14. The molecule has 0 unspecified atom stereocenters. The van der Waals surface area contributed by atoms with Crippen LogP contribution in [0.25, 0.3) is 0 Å². The highest BCUT2D eigenvalue weighted by atomic mass is 16.5. The molecule has 0 fully saturated rings. The van der Waals surface area contributed by atoms with Crippen LogP contribution in [0.4, 0.5) is 11.4 Å². The molecular weight excluding hydrogens is 420 g/mol. The number of amidine groups is 1. The average molecular weight is 447 g/mol. The van der Waals surface area contributed by atoms with Gasteiger partial charge in [-0.1, -0.05) is 0 Å². The number of esters is 2. The van der Waals surface area contributed by atoms with Gasteiger partial charge in [0.05, 0.1) is 37.1 Å². The zero-order valence-corrected chi connectivity index (χ0v) is 18.8. The third-order valence-corrected chi connectivity index (χ3v) is 4.64. The van der Waals surface area contributed by atoms with Crippen LogP contribution in [0.2, 0.25) is 0 Å². The number of hydrogen-bond acceptors (Lipinski definition) is 6. The predicted octanol–water partition coefficient (Wildman–Crippen LogP) is 5.24. The number of methoxy groups -OCH3 is 1.